The van der Waals surface area contributed by atoms with Crippen LogP contribution in [0.25, 0.3) is 11.8 Å². The molecule has 7 nitrogen and oxygen atoms in total. The van der Waals surface area contributed by atoms with Gasteiger partial charge in [-0.3, -0.25) is 14.9 Å². The third-order valence-electron chi connectivity index (χ3n) is 4.66. The van der Waals surface area contributed by atoms with Crippen molar-refractivity contribution >= 4 is 52.8 Å². The van der Waals surface area contributed by atoms with Crippen molar-refractivity contribution < 1.29 is 19.1 Å². The minimum absolute atomic E-state index is 0.179. The first-order valence-electron chi connectivity index (χ1n) is 9.06. The molecule has 3 aromatic rings. The molecule has 4 amide bonds. The van der Waals surface area contributed by atoms with E-state index in [4.69, 9.17) is 27.9 Å². The average molecular weight is 456 g/mol. The van der Waals surface area contributed by atoms with Crippen molar-refractivity contribution in [3.63, 3.8) is 0 Å². The van der Waals surface area contributed by atoms with Gasteiger partial charge in [0.15, 0.2) is 0 Å². The number of hydrogen-bond donors (Lipinski definition) is 1. The van der Waals surface area contributed by atoms with Crippen LogP contribution in [0.5, 0.6) is 5.75 Å². The van der Waals surface area contributed by atoms with Crippen molar-refractivity contribution in [3.05, 3.63) is 82.1 Å². The number of aromatic nitrogens is 1. The number of urea groups is 1. The summed E-state index contributed by atoms with van der Waals surface area (Å²) in [6.45, 7) is 0. The van der Waals surface area contributed by atoms with Gasteiger partial charge in [0.1, 0.15) is 11.3 Å². The lowest BCUT2D eigenvalue weighted by Gasteiger charge is -2.26. The standard InChI is InChI=1S/C22H15Cl2N3O4/c1-31-16-5-2-14(3-6-16)26-9-8-13(12-26)10-17-20(28)25-22(30)27(21(17)29)15-4-7-18(23)19(24)11-15/h2-12H,1H3,(H,25,28,30)/b17-10-. The van der Waals surface area contributed by atoms with Crippen LogP contribution in [-0.2, 0) is 9.59 Å². The Morgan fingerprint density at radius 1 is 0.935 bits per heavy atom. The fourth-order valence-corrected chi connectivity index (χ4v) is 3.39. The summed E-state index contributed by atoms with van der Waals surface area (Å²) in [5.41, 5.74) is 1.50. The lowest BCUT2D eigenvalue weighted by molar-refractivity contribution is -0.122. The van der Waals surface area contributed by atoms with E-state index in [1.165, 1.54) is 24.3 Å². The number of hydrogen-bond acceptors (Lipinski definition) is 4. The van der Waals surface area contributed by atoms with Crippen LogP contribution in [-0.4, -0.2) is 29.5 Å². The van der Waals surface area contributed by atoms with E-state index in [0.29, 0.717) is 5.56 Å². The summed E-state index contributed by atoms with van der Waals surface area (Å²) >= 11 is 11.9. The molecule has 0 radical (unpaired) electrons. The molecule has 1 fully saturated rings. The van der Waals surface area contributed by atoms with Crippen LogP contribution >= 0.6 is 23.2 Å². The number of methoxy groups -OCH3 is 1. The zero-order chi connectivity index (χ0) is 22.1. The Kier molecular flexibility index (Phi) is 5.54. The number of imide groups is 2. The Balaban J connectivity index is 1.65. The highest BCUT2D eigenvalue weighted by Gasteiger charge is 2.37. The van der Waals surface area contributed by atoms with Crippen LogP contribution in [0.4, 0.5) is 10.5 Å². The monoisotopic (exact) mass is 455 g/mol. The molecule has 0 spiro atoms. The Morgan fingerprint density at radius 3 is 2.32 bits per heavy atom. The van der Waals surface area contributed by atoms with E-state index >= 15 is 0 Å². The fraction of sp³-hybridized carbons (Fsp3) is 0.0455. The van der Waals surface area contributed by atoms with Crippen LogP contribution in [0.3, 0.4) is 0 Å². The van der Waals surface area contributed by atoms with Gasteiger partial charge in [-0.2, -0.15) is 0 Å². The van der Waals surface area contributed by atoms with Crippen molar-refractivity contribution in [2.24, 2.45) is 0 Å². The fourth-order valence-electron chi connectivity index (χ4n) is 3.10. The van der Waals surface area contributed by atoms with E-state index < -0.39 is 17.8 Å². The van der Waals surface area contributed by atoms with E-state index in [1.807, 2.05) is 28.8 Å². The number of amides is 4. The van der Waals surface area contributed by atoms with E-state index in [2.05, 4.69) is 5.32 Å². The number of benzene rings is 2. The topological polar surface area (TPSA) is 80.6 Å². The summed E-state index contributed by atoms with van der Waals surface area (Å²) in [6, 6.07) is 12.6. The van der Waals surface area contributed by atoms with Crippen LogP contribution in [0.2, 0.25) is 10.0 Å². The summed E-state index contributed by atoms with van der Waals surface area (Å²) in [5.74, 6) is -0.803. The first-order chi connectivity index (χ1) is 14.9. The van der Waals surface area contributed by atoms with Crippen LogP contribution in [0.1, 0.15) is 5.56 Å². The third-order valence-corrected chi connectivity index (χ3v) is 5.40. The number of carbonyl (C=O) groups excluding carboxylic acids is 3. The SMILES string of the molecule is COc1ccc(-n2ccc(/C=C3/C(=O)NC(=O)N(c4ccc(Cl)c(Cl)c4)C3=O)c2)cc1. The highest BCUT2D eigenvalue weighted by Crippen LogP contribution is 2.29. The number of anilines is 1. The smallest absolute Gasteiger partial charge is 0.335 e. The molecule has 0 unspecified atom stereocenters. The molecular formula is C22H15Cl2N3O4. The van der Waals surface area contributed by atoms with Gasteiger partial charge in [-0.25, -0.2) is 9.69 Å². The minimum atomic E-state index is -0.860. The maximum atomic E-state index is 13.0. The molecule has 2 aromatic carbocycles. The van der Waals surface area contributed by atoms with Crippen molar-refractivity contribution in [2.45, 2.75) is 0 Å². The van der Waals surface area contributed by atoms with Crippen LogP contribution < -0.4 is 15.0 Å². The number of barbiturate groups is 1. The summed E-state index contributed by atoms with van der Waals surface area (Å²) in [4.78, 5) is 38.5. The zero-order valence-corrected chi connectivity index (χ0v) is 17.6. The van der Waals surface area contributed by atoms with Crippen molar-refractivity contribution in [1.29, 1.82) is 0 Å². The molecular weight excluding hydrogens is 441 g/mol. The number of rotatable bonds is 4. The average Bonchev–Trinajstić information content (AvgIpc) is 3.22. The lowest BCUT2D eigenvalue weighted by atomic mass is 10.1. The van der Waals surface area contributed by atoms with Crippen molar-refractivity contribution in [1.82, 2.24) is 9.88 Å². The molecule has 4 rings (SSSR count). The molecule has 156 valence electrons. The number of nitrogens with zero attached hydrogens (tertiary/aromatic N) is 2. The summed E-state index contributed by atoms with van der Waals surface area (Å²) in [5, 5.41) is 2.64. The Hall–Kier alpha value is -3.55. The van der Waals surface area contributed by atoms with Gasteiger partial charge in [0, 0.05) is 18.1 Å². The van der Waals surface area contributed by atoms with Crippen molar-refractivity contribution in [2.75, 3.05) is 12.0 Å². The highest BCUT2D eigenvalue weighted by molar-refractivity contribution is 6.43. The van der Waals surface area contributed by atoms with E-state index in [-0.39, 0.29) is 21.3 Å². The minimum Gasteiger partial charge on any atom is -0.497 e. The molecule has 1 aliphatic rings. The predicted octanol–water partition coefficient (Wildman–Crippen LogP) is 4.46. The van der Waals surface area contributed by atoms with Crippen LogP contribution in [0.15, 0.2) is 66.5 Å². The highest BCUT2D eigenvalue weighted by atomic mass is 35.5. The zero-order valence-electron chi connectivity index (χ0n) is 16.1. The molecule has 0 bridgehead atoms. The first-order valence-corrected chi connectivity index (χ1v) is 9.82. The summed E-state index contributed by atoms with van der Waals surface area (Å²) < 4.78 is 6.99. The Bertz CT molecular complexity index is 1230. The molecule has 9 heteroatoms. The summed E-state index contributed by atoms with van der Waals surface area (Å²) in [7, 11) is 1.59. The molecule has 1 N–H and O–H groups in total. The summed E-state index contributed by atoms with van der Waals surface area (Å²) in [6.07, 6.45) is 4.98. The lowest BCUT2D eigenvalue weighted by Crippen LogP contribution is -2.54. The molecule has 0 saturated carbocycles. The largest absolute Gasteiger partial charge is 0.497 e. The molecule has 1 aromatic heterocycles. The normalized spacial score (nSPS) is 15.4. The second kappa shape index (κ2) is 8.29. The van der Waals surface area contributed by atoms with E-state index in [9.17, 15) is 14.4 Å². The van der Waals surface area contributed by atoms with Crippen molar-refractivity contribution in [3.8, 4) is 11.4 Å². The number of carbonyl (C=O) groups is 3. The number of ether oxygens (including phenoxy) is 1. The molecule has 0 aliphatic carbocycles. The Morgan fingerprint density at radius 2 is 1.65 bits per heavy atom. The maximum absolute atomic E-state index is 13.0. The van der Waals surface area contributed by atoms with E-state index in [0.717, 1.165) is 16.3 Å². The second-order valence-corrected chi connectivity index (χ2v) is 7.42. The molecule has 1 saturated heterocycles. The van der Waals surface area contributed by atoms with Gasteiger partial charge in [-0.1, -0.05) is 23.2 Å². The first kappa shape index (κ1) is 20.7. The maximum Gasteiger partial charge on any atom is 0.335 e. The van der Waals surface area contributed by atoms with Crippen LogP contribution in [0, 0.1) is 0 Å². The molecule has 0 atom stereocenters. The van der Waals surface area contributed by atoms with Gasteiger partial charge in [0.25, 0.3) is 11.8 Å². The van der Waals surface area contributed by atoms with Gasteiger partial charge in [0.05, 0.1) is 22.8 Å². The van der Waals surface area contributed by atoms with Gasteiger partial charge in [-0.05, 0) is 60.2 Å². The Labute approximate surface area is 187 Å². The number of halogens is 2. The third kappa shape index (κ3) is 4.05. The van der Waals surface area contributed by atoms with Gasteiger partial charge in [-0.15, -0.1) is 0 Å². The molecule has 2 heterocycles. The predicted molar refractivity (Wildman–Crippen MR) is 118 cm³/mol. The number of nitrogens with one attached hydrogen (secondary N) is 1. The molecule has 31 heavy (non-hydrogen) atoms. The van der Waals surface area contributed by atoms with Gasteiger partial charge < -0.3 is 9.30 Å². The second-order valence-electron chi connectivity index (χ2n) is 6.61. The van der Waals surface area contributed by atoms with Gasteiger partial charge in [0.2, 0.25) is 0 Å². The van der Waals surface area contributed by atoms with Gasteiger partial charge >= 0.3 is 6.03 Å². The molecule has 1 aliphatic heterocycles. The van der Waals surface area contributed by atoms with E-state index in [1.54, 1.807) is 25.6 Å². The quantitative estimate of drug-likeness (QED) is 0.465.